The summed E-state index contributed by atoms with van der Waals surface area (Å²) < 4.78 is 1.09. The zero-order chi connectivity index (χ0) is 17.9. The molecule has 0 aromatic carbocycles. The molecule has 0 saturated heterocycles. The summed E-state index contributed by atoms with van der Waals surface area (Å²) in [6, 6.07) is 0. The number of nitrogens with zero attached hydrogens (tertiary/aromatic N) is 1. The van der Waals surface area contributed by atoms with Gasteiger partial charge >= 0.3 is 0 Å². The summed E-state index contributed by atoms with van der Waals surface area (Å²) in [6.07, 6.45) is 26.3. The third-order valence-corrected chi connectivity index (χ3v) is 4.90. The van der Waals surface area contributed by atoms with E-state index >= 15 is 0 Å². The van der Waals surface area contributed by atoms with Crippen molar-refractivity contribution >= 4 is 0 Å². The van der Waals surface area contributed by atoms with Gasteiger partial charge in [-0.2, -0.15) is 0 Å². The molecule has 0 aliphatic rings. The first-order valence-corrected chi connectivity index (χ1v) is 10.7. The van der Waals surface area contributed by atoms with Crippen molar-refractivity contribution in [2.75, 3.05) is 27.2 Å². The van der Waals surface area contributed by atoms with Gasteiger partial charge in [-0.1, -0.05) is 77.0 Å². The number of likely N-dealkylation sites (N-methyl/N-ethyl adjacent to an activating group) is 1. The monoisotopic (exact) mass is 336 g/mol. The minimum atomic E-state index is 1.09. The third kappa shape index (κ3) is 17.8. The average Bonchev–Trinajstić information content (AvgIpc) is 2.54. The molecule has 0 fully saturated rings. The van der Waals surface area contributed by atoms with E-state index in [4.69, 9.17) is 0 Å². The lowest BCUT2D eigenvalue weighted by Gasteiger charge is -2.28. The summed E-state index contributed by atoms with van der Waals surface area (Å²) in [7, 11) is 4.61. The Hall–Kier alpha value is -0.560. The van der Waals surface area contributed by atoms with Crippen molar-refractivity contribution < 1.29 is 4.48 Å². The Kier molecular flexibility index (Phi) is 16.9. The van der Waals surface area contributed by atoms with E-state index in [2.05, 4.69) is 39.8 Å². The van der Waals surface area contributed by atoms with Crippen molar-refractivity contribution in [2.24, 2.45) is 0 Å². The van der Waals surface area contributed by atoms with Gasteiger partial charge in [0.05, 0.1) is 27.2 Å². The maximum Gasteiger partial charge on any atom is 0.0966 e. The van der Waals surface area contributed by atoms with Crippen molar-refractivity contribution in [1.82, 2.24) is 0 Å². The molecule has 0 radical (unpaired) electrons. The molecule has 0 atom stereocenters. The molecule has 0 aromatic rings. The molecule has 0 saturated carbocycles. The topological polar surface area (TPSA) is 0 Å². The molecule has 142 valence electrons. The highest BCUT2D eigenvalue weighted by Gasteiger charge is 2.10. The van der Waals surface area contributed by atoms with Gasteiger partial charge in [-0.05, 0) is 44.6 Å². The smallest absolute Gasteiger partial charge is 0.0966 e. The van der Waals surface area contributed by atoms with E-state index in [1.54, 1.807) is 0 Å². The number of quaternary nitrogens is 1. The number of hydrogen-bond acceptors (Lipinski definition) is 0. The van der Waals surface area contributed by atoms with Crippen LogP contribution in [0.1, 0.15) is 96.8 Å². The lowest BCUT2D eigenvalue weighted by Crippen LogP contribution is -2.40. The highest BCUT2D eigenvalue weighted by molar-refractivity contribution is 4.81. The fourth-order valence-electron chi connectivity index (χ4n) is 3.23. The Labute approximate surface area is 153 Å². The lowest BCUT2D eigenvalue weighted by molar-refractivity contribution is -0.884. The molecule has 0 amide bonds. The summed E-state index contributed by atoms with van der Waals surface area (Å²) in [4.78, 5) is 0. The summed E-state index contributed by atoms with van der Waals surface area (Å²) in [6.45, 7) is 8.51. The molecule has 0 aliphatic heterocycles. The second-order valence-corrected chi connectivity index (χ2v) is 8.07. The number of rotatable bonds is 18. The quantitative estimate of drug-likeness (QED) is 0.140. The Bertz CT molecular complexity index is 290. The van der Waals surface area contributed by atoms with Crippen LogP contribution in [0.4, 0.5) is 0 Å². The van der Waals surface area contributed by atoms with Gasteiger partial charge < -0.3 is 4.48 Å². The van der Waals surface area contributed by atoms with Gasteiger partial charge in [0.1, 0.15) is 0 Å². The zero-order valence-electron chi connectivity index (χ0n) is 17.2. The number of hydrogen-bond donors (Lipinski definition) is 0. The summed E-state index contributed by atoms with van der Waals surface area (Å²) in [5.41, 5.74) is 0. The molecule has 0 rings (SSSR count). The largest absolute Gasteiger partial charge is 0.325 e. The highest BCUT2D eigenvalue weighted by Crippen LogP contribution is 2.11. The number of allylic oxidation sites excluding steroid dienone is 2. The molecular formula is C23H46N+. The minimum absolute atomic E-state index is 1.09. The molecule has 0 spiro atoms. The zero-order valence-corrected chi connectivity index (χ0v) is 17.2. The van der Waals surface area contributed by atoms with Gasteiger partial charge in [0, 0.05) is 0 Å². The van der Waals surface area contributed by atoms with E-state index in [9.17, 15) is 0 Å². The van der Waals surface area contributed by atoms with Crippen LogP contribution >= 0.6 is 0 Å². The van der Waals surface area contributed by atoms with Crippen LogP contribution in [-0.2, 0) is 0 Å². The summed E-state index contributed by atoms with van der Waals surface area (Å²) >= 11 is 0. The molecule has 0 unspecified atom stereocenters. The van der Waals surface area contributed by atoms with Crippen molar-refractivity contribution in [2.45, 2.75) is 96.8 Å². The SMILES string of the molecule is C=CC[N+](C)(C)CCCCCCCCC=CCCCCCCCC. The Morgan fingerprint density at radius 1 is 0.667 bits per heavy atom. The molecule has 0 aliphatic carbocycles. The van der Waals surface area contributed by atoms with Crippen molar-refractivity contribution in [3.63, 3.8) is 0 Å². The van der Waals surface area contributed by atoms with E-state index in [0.29, 0.717) is 0 Å². The van der Waals surface area contributed by atoms with Crippen LogP contribution in [0.15, 0.2) is 24.8 Å². The fourth-order valence-corrected chi connectivity index (χ4v) is 3.23. The second kappa shape index (κ2) is 17.3. The average molecular weight is 337 g/mol. The molecular weight excluding hydrogens is 290 g/mol. The Balaban J connectivity index is 3.22. The van der Waals surface area contributed by atoms with Crippen LogP contribution in [0, 0.1) is 0 Å². The fraction of sp³-hybridized carbons (Fsp3) is 0.826. The maximum absolute atomic E-state index is 3.85. The van der Waals surface area contributed by atoms with Gasteiger partial charge in [0.2, 0.25) is 0 Å². The van der Waals surface area contributed by atoms with Crippen LogP contribution in [0.2, 0.25) is 0 Å². The first kappa shape index (κ1) is 23.4. The van der Waals surface area contributed by atoms with Gasteiger partial charge in [-0.15, -0.1) is 0 Å². The van der Waals surface area contributed by atoms with Crippen molar-refractivity contribution in [1.29, 1.82) is 0 Å². The first-order chi connectivity index (χ1) is 11.6. The molecule has 0 N–H and O–H groups in total. The molecule has 0 bridgehead atoms. The lowest BCUT2D eigenvalue weighted by atomic mass is 10.1. The van der Waals surface area contributed by atoms with E-state index in [1.165, 1.54) is 96.4 Å². The van der Waals surface area contributed by atoms with E-state index < -0.39 is 0 Å². The number of unbranched alkanes of at least 4 members (excludes halogenated alkanes) is 12. The minimum Gasteiger partial charge on any atom is -0.325 e. The van der Waals surface area contributed by atoms with Crippen molar-refractivity contribution in [3.05, 3.63) is 24.8 Å². The predicted molar refractivity (Wildman–Crippen MR) is 111 cm³/mol. The first-order valence-electron chi connectivity index (χ1n) is 10.7. The van der Waals surface area contributed by atoms with E-state index in [0.717, 1.165) is 11.0 Å². The van der Waals surface area contributed by atoms with Gasteiger partial charge in [-0.25, -0.2) is 0 Å². The molecule has 1 nitrogen and oxygen atoms in total. The third-order valence-electron chi connectivity index (χ3n) is 4.90. The standard InChI is InChI=1S/C23H46N/c1-5-7-8-9-10-11-12-13-14-15-16-17-18-19-20-21-23-24(3,4)22-6-2/h6,13-14H,2,5,7-12,15-23H2,1,3-4H3/q+1. The summed E-state index contributed by atoms with van der Waals surface area (Å²) in [5.74, 6) is 0. The molecule has 0 aromatic heterocycles. The Morgan fingerprint density at radius 2 is 1.12 bits per heavy atom. The second-order valence-electron chi connectivity index (χ2n) is 8.07. The van der Waals surface area contributed by atoms with Crippen LogP contribution in [-0.4, -0.2) is 31.7 Å². The highest BCUT2D eigenvalue weighted by atomic mass is 15.3. The van der Waals surface area contributed by atoms with Crippen LogP contribution in [0.5, 0.6) is 0 Å². The Morgan fingerprint density at radius 3 is 1.62 bits per heavy atom. The van der Waals surface area contributed by atoms with Gasteiger partial charge in [0.15, 0.2) is 0 Å². The van der Waals surface area contributed by atoms with Gasteiger partial charge in [-0.3, -0.25) is 0 Å². The van der Waals surface area contributed by atoms with E-state index in [-0.39, 0.29) is 0 Å². The molecule has 24 heavy (non-hydrogen) atoms. The van der Waals surface area contributed by atoms with Crippen molar-refractivity contribution in [3.8, 4) is 0 Å². The van der Waals surface area contributed by atoms with Crippen LogP contribution in [0.3, 0.4) is 0 Å². The van der Waals surface area contributed by atoms with E-state index in [1.807, 2.05) is 6.08 Å². The molecule has 1 heteroatoms. The maximum atomic E-state index is 3.85. The van der Waals surface area contributed by atoms with Gasteiger partial charge in [0.25, 0.3) is 0 Å². The van der Waals surface area contributed by atoms with Crippen LogP contribution in [0.25, 0.3) is 0 Å². The normalized spacial score (nSPS) is 12.1. The van der Waals surface area contributed by atoms with Crippen LogP contribution < -0.4 is 0 Å². The predicted octanol–water partition coefficient (Wildman–Crippen LogP) is 7.29. The molecule has 0 heterocycles. The summed E-state index contributed by atoms with van der Waals surface area (Å²) in [5, 5.41) is 0.